The number of halogens is 5. The van der Waals surface area contributed by atoms with Crippen LogP contribution in [0.15, 0.2) is 0 Å². The zero-order chi connectivity index (χ0) is 11.8. The lowest BCUT2D eigenvalue weighted by Gasteiger charge is -2.13. The summed E-state index contributed by atoms with van der Waals surface area (Å²) in [7, 11) is -12.7. The van der Waals surface area contributed by atoms with Crippen LogP contribution in [0, 0.1) is 0 Å². The van der Waals surface area contributed by atoms with Crippen LogP contribution in [0.2, 0.25) is 0 Å². The Morgan fingerprint density at radius 3 is 1.43 bits per heavy atom. The van der Waals surface area contributed by atoms with Crippen LogP contribution in [0.5, 0.6) is 0 Å². The molecule has 0 aliphatic heterocycles. The van der Waals surface area contributed by atoms with E-state index >= 15 is 0 Å². The molecule has 86 valence electrons. The van der Waals surface area contributed by atoms with Crippen LogP contribution in [0.25, 0.3) is 0 Å². The van der Waals surface area contributed by atoms with E-state index in [4.69, 9.17) is 0 Å². The topological polar surface area (TPSA) is 77.5 Å². The lowest BCUT2D eigenvalue weighted by atomic mass is 10.7. The van der Waals surface area contributed by atoms with Crippen molar-refractivity contribution in [2.24, 2.45) is 0 Å². The quantitative estimate of drug-likeness (QED) is 0.544. The zero-order valence-electron chi connectivity index (χ0n) is 5.82. The molecule has 0 radical (unpaired) electrons. The molecule has 0 rings (SSSR count). The van der Waals surface area contributed by atoms with Crippen LogP contribution in [-0.4, -0.2) is 28.4 Å². The third kappa shape index (κ3) is 4.66. The molecule has 0 aromatic rings. The highest BCUT2D eigenvalue weighted by Crippen LogP contribution is 2.29. The summed E-state index contributed by atoms with van der Waals surface area (Å²) in [6, 6.07) is 0. The van der Waals surface area contributed by atoms with E-state index in [1.54, 1.807) is 0 Å². The monoisotopic (exact) mass is 264 g/mol. The van der Waals surface area contributed by atoms with Crippen LogP contribution in [0.3, 0.4) is 0 Å². The normalized spacial score (nSPS) is 16.6. The average molecular weight is 264 g/mol. The van der Waals surface area contributed by atoms with Crippen LogP contribution in [-0.2, 0) is 24.9 Å². The van der Waals surface area contributed by atoms with E-state index < -0.39 is 32.3 Å². The van der Waals surface area contributed by atoms with E-state index in [0.29, 0.717) is 0 Å². The smallest absolute Gasteiger partial charge is 0.212 e. The molecule has 0 spiro atoms. The molecule has 0 bridgehead atoms. The summed E-state index contributed by atoms with van der Waals surface area (Å²) in [5, 5.41) is 0. The molecule has 0 aliphatic rings. The first kappa shape index (κ1) is 13.5. The Morgan fingerprint density at radius 2 is 1.36 bits per heavy atom. The molecule has 1 unspecified atom stereocenters. The fourth-order valence-corrected chi connectivity index (χ4v) is 1.66. The first-order chi connectivity index (χ1) is 5.84. The highest BCUT2D eigenvalue weighted by molar-refractivity contribution is 7.88. The fraction of sp³-hybridized carbons (Fsp3) is 1.00. The Kier molecular flexibility index (Phi) is 3.46. The third-order valence-corrected chi connectivity index (χ3v) is 2.14. The van der Waals surface area contributed by atoms with Gasteiger partial charge in [-0.1, -0.05) is 3.89 Å². The third-order valence-electron chi connectivity index (χ3n) is 0.725. The van der Waals surface area contributed by atoms with E-state index in [0.717, 1.165) is 0 Å². The van der Waals surface area contributed by atoms with Crippen molar-refractivity contribution in [1.29, 1.82) is 0 Å². The molecule has 0 aromatic carbocycles. The average Bonchev–Trinajstić information content (AvgIpc) is 1.75. The number of hydrogen-bond acceptors (Lipinski definition) is 5. The van der Waals surface area contributed by atoms with Crippen molar-refractivity contribution in [3.63, 3.8) is 0 Å². The van der Waals surface area contributed by atoms with Gasteiger partial charge in [0.05, 0.1) is 0 Å². The SMILES string of the molecule is O=S(=O)(F)OC(C(F)(F)F)S(=O)(=O)F. The van der Waals surface area contributed by atoms with E-state index in [-0.39, 0.29) is 0 Å². The maximum absolute atomic E-state index is 11.8. The zero-order valence-corrected chi connectivity index (χ0v) is 7.46. The van der Waals surface area contributed by atoms with Crippen molar-refractivity contribution in [2.45, 2.75) is 11.6 Å². The van der Waals surface area contributed by atoms with Gasteiger partial charge in [0.25, 0.3) is 0 Å². The highest BCUT2D eigenvalue weighted by Gasteiger charge is 2.53. The van der Waals surface area contributed by atoms with Crippen molar-refractivity contribution >= 4 is 20.7 Å². The summed E-state index contributed by atoms with van der Waals surface area (Å²) in [5.74, 6) is 0. The molecule has 14 heavy (non-hydrogen) atoms. The Hall–Kier alpha value is -0.490. The second kappa shape index (κ2) is 3.58. The summed E-state index contributed by atoms with van der Waals surface area (Å²) in [5.41, 5.74) is -4.38. The first-order valence-electron chi connectivity index (χ1n) is 2.47. The van der Waals surface area contributed by atoms with Gasteiger partial charge in [-0.25, -0.2) is 4.18 Å². The van der Waals surface area contributed by atoms with Crippen LogP contribution in [0.1, 0.15) is 0 Å². The van der Waals surface area contributed by atoms with Crippen molar-refractivity contribution < 1.29 is 42.0 Å². The molecule has 12 heteroatoms. The molecule has 0 fully saturated rings. The lowest BCUT2D eigenvalue weighted by molar-refractivity contribution is -0.169. The highest BCUT2D eigenvalue weighted by atomic mass is 32.3. The van der Waals surface area contributed by atoms with Gasteiger partial charge in [0.2, 0.25) is 0 Å². The van der Waals surface area contributed by atoms with Gasteiger partial charge in [0, 0.05) is 0 Å². The van der Waals surface area contributed by atoms with Gasteiger partial charge in [-0.3, -0.25) is 0 Å². The Labute approximate surface area is 75.1 Å². The molecule has 1 atom stereocenters. The summed E-state index contributed by atoms with van der Waals surface area (Å²) >= 11 is 0. The summed E-state index contributed by atoms with van der Waals surface area (Å²) in [6.45, 7) is 0. The number of rotatable bonds is 3. The van der Waals surface area contributed by atoms with E-state index in [1.165, 1.54) is 0 Å². The second-order valence-corrected chi connectivity index (χ2v) is 4.20. The molecule has 5 nitrogen and oxygen atoms in total. The minimum atomic E-state index is -6.42. The molecule has 0 amide bonds. The first-order valence-corrected chi connectivity index (χ1v) is 5.22. The molecule has 0 saturated carbocycles. The van der Waals surface area contributed by atoms with Crippen molar-refractivity contribution in [1.82, 2.24) is 0 Å². The molecular formula is C2HF5O5S2. The maximum Gasteiger partial charge on any atom is 0.439 e. The van der Waals surface area contributed by atoms with E-state index in [1.807, 2.05) is 0 Å². The van der Waals surface area contributed by atoms with Crippen LogP contribution >= 0.6 is 0 Å². The summed E-state index contributed by atoms with van der Waals surface area (Å²) in [4.78, 5) is 0. The maximum atomic E-state index is 11.8. The van der Waals surface area contributed by atoms with Crippen molar-refractivity contribution in [3.8, 4) is 0 Å². The van der Waals surface area contributed by atoms with E-state index in [9.17, 15) is 37.8 Å². The largest absolute Gasteiger partial charge is 0.439 e. The lowest BCUT2D eigenvalue weighted by Crippen LogP contribution is -2.37. The van der Waals surface area contributed by atoms with Gasteiger partial charge >= 0.3 is 32.3 Å². The van der Waals surface area contributed by atoms with Gasteiger partial charge in [-0.15, -0.1) is 3.89 Å². The van der Waals surface area contributed by atoms with Gasteiger partial charge in [-0.05, 0) is 0 Å². The van der Waals surface area contributed by atoms with Gasteiger partial charge in [0.15, 0.2) is 0 Å². The molecule has 0 N–H and O–H groups in total. The summed E-state index contributed by atoms with van der Waals surface area (Å²) < 4.78 is 98.8. The molecular weight excluding hydrogens is 263 g/mol. The fourth-order valence-electron chi connectivity index (χ4n) is 0.365. The summed E-state index contributed by atoms with van der Waals surface area (Å²) in [6.07, 6.45) is -5.90. The predicted octanol–water partition coefficient (Wildman–Crippen LogP) is 0.405. The van der Waals surface area contributed by atoms with Gasteiger partial charge < -0.3 is 0 Å². The Balaban J connectivity index is 5.18. The minimum absolute atomic E-state index is 2.38. The van der Waals surface area contributed by atoms with Crippen LogP contribution in [0.4, 0.5) is 20.9 Å². The van der Waals surface area contributed by atoms with Gasteiger partial charge in [0.1, 0.15) is 0 Å². The Morgan fingerprint density at radius 1 is 1.00 bits per heavy atom. The molecule has 0 aromatic heterocycles. The Bertz CT molecular complexity index is 390. The predicted molar refractivity (Wildman–Crippen MR) is 31.0 cm³/mol. The number of alkyl halides is 3. The van der Waals surface area contributed by atoms with Gasteiger partial charge in [-0.2, -0.15) is 30.0 Å². The number of hydrogen-bond donors (Lipinski definition) is 0. The molecule has 0 heterocycles. The van der Waals surface area contributed by atoms with Crippen molar-refractivity contribution in [2.75, 3.05) is 0 Å². The van der Waals surface area contributed by atoms with Crippen LogP contribution < -0.4 is 0 Å². The minimum Gasteiger partial charge on any atom is -0.212 e. The standard InChI is InChI=1S/C2HF5O5S2/c3-2(4,5)1(13(6,8)9)12-14(7,10)11/h1H. The molecule has 0 saturated heterocycles. The second-order valence-electron chi connectivity index (χ2n) is 1.84. The molecule has 0 aliphatic carbocycles. The van der Waals surface area contributed by atoms with E-state index in [2.05, 4.69) is 4.18 Å². The van der Waals surface area contributed by atoms with Crippen molar-refractivity contribution in [3.05, 3.63) is 0 Å².